The van der Waals surface area contributed by atoms with Crippen LogP contribution in [0.2, 0.25) is 0 Å². The molecule has 21 heavy (non-hydrogen) atoms. The lowest BCUT2D eigenvalue weighted by atomic mass is 10.2. The molecule has 0 unspecified atom stereocenters. The summed E-state index contributed by atoms with van der Waals surface area (Å²) in [5.41, 5.74) is 0.667. The minimum Gasteiger partial charge on any atom is -0.480 e. The second kappa shape index (κ2) is 5.13. The van der Waals surface area contributed by atoms with Crippen molar-refractivity contribution in [3.8, 4) is 11.5 Å². The Labute approximate surface area is 123 Å². The van der Waals surface area contributed by atoms with Crippen molar-refractivity contribution >= 4 is 35.0 Å². The molecule has 1 fully saturated rings. The van der Waals surface area contributed by atoms with E-state index in [0.717, 1.165) is 0 Å². The molecule has 8 heteroatoms. The van der Waals surface area contributed by atoms with E-state index in [2.05, 4.69) is 0 Å². The zero-order chi connectivity index (χ0) is 15.0. The summed E-state index contributed by atoms with van der Waals surface area (Å²) in [6.45, 7) is -0.489. The molecule has 3 rings (SSSR count). The second-order valence-electron chi connectivity index (χ2n) is 4.27. The zero-order valence-electron chi connectivity index (χ0n) is 10.6. The molecule has 2 amide bonds. The SMILES string of the molecule is O=C(O)CN1C(=O)SC(=Cc2ccc3c(c2)OCO3)C1=O. The average molecular weight is 307 g/mol. The third kappa shape index (κ3) is 2.57. The van der Waals surface area contributed by atoms with Gasteiger partial charge in [-0.2, -0.15) is 0 Å². The van der Waals surface area contributed by atoms with Crippen LogP contribution in [0.3, 0.4) is 0 Å². The molecule has 1 N–H and O–H groups in total. The first-order valence-corrected chi connectivity index (χ1v) is 6.73. The molecular weight excluding hydrogens is 298 g/mol. The number of benzene rings is 1. The third-order valence-corrected chi connectivity index (χ3v) is 3.77. The van der Waals surface area contributed by atoms with Crippen molar-refractivity contribution < 1.29 is 29.0 Å². The molecule has 0 spiro atoms. The number of aliphatic carboxylic acids is 1. The summed E-state index contributed by atoms with van der Waals surface area (Å²) in [5, 5.41) is 8.10. The maximum Gasteiger partial charge on any atom is 0.323 e. The molecule has 7 nitrogen and oxygen atoms in total. The molecule has 1 aromatic rings. The number of ether oxygens (including phenoxy) is 2. The smallest absolute Gasteiger partial charge is 0.323 e. The van der Waals surface area contributed by atoms with Gasteiger partial charge in [0, 0.05) is 0 Å². The highest BCUT2D eigenvalue weighted by Gasteiger charge is 2.36. The van der Waals surface area contributed by atoms with Crippen molar-refractivity contribution in [3.05, 3.63) is 28.7 Å². The Balaban J connectivity index is 1.85. The Morgan fingerprint density at radius 3 is 2.86 bits per heavy atom. The number of amides is 2. The summed E-state index contributed by atoms with van der Waals surface area (Å²) < 4.78 is 10.4. The van der Waals surface area contributed by atoms with Gasteiger partial charge in [-0.15, -0.1) is 0 Å². The van der Waals surface area contributed by atoms with Gasteiger partial charge in [0.25, 0.3) is 11.1 Å². The molecule has 0 saturated carbocycles. The van der Waals surface area contributed by atoms with E-state index >= 15 is 0 Å². The van der Waals surface area contributed by atoms with Crippen molar-refractivity contribution in [1.29, 1.82) is 0 Å². The third-order valence-electron chi connectivity index (χ3n) is 2.86. The number of nitrogens with zero attached hydrogens (tertiary/aromatic N) is 1. The summed E-state index contributed by atoms with van der Waals surface area (Å²) >= 11 is 0.715. The molecular formula is C13H9NO6S. The number of fused-ring (bicyclic) bond motifs is 1. The minimum absolute atomic E-state index is 0.147. The van der Waals surface area contributed by atoms with Crippen molar-refractivity contribution in [2.45, 2.75) is 0 Å². The quantitative estimate of drug-likeness (QED) is 0.846. The predicted molar refractivity (Wildman–Crippen MR) is 72.9 cm³/mol. The topological polar surface area (TPSA) is 93.1 Å². The first-order valence-electron chi connectivity index (χ1n) is 5.91. The molecule has 2 aliphatic heterocycles. The van der Waals surface area contributed by atoms with Gasteiger partial charge in [-0.1, -0.05) is 6.07 Å². The van der Waals surface area contributed by atoms with E-state index in [1.54, 1.807) is 18.2 Å². The molecule has 2 heterocycles. The van der Waals surface area contributed by atoms with Gasteiger partial charge in [0.2, 0.25) is 6.79 Å². The molecule has 0 aromatic heterocycles. The number of imide groups is 1. The van der Waals surface area contributed by atoms with Crippen LogP contribution in [-0.4, -0.2) is 40.5 Å². The zero-order valence-corrected chi connectivity index (χ0v) is 11.4. The fourth-order valence-corrected chi connectivity index (χ4v) is 2.76. The van der Waals surface area contributed by atoms with E-state index in [9.17, 15) is 14.4 Å². The van der Waals surface area contributed by atoms with Crippen molar-refractivity contribution in [1.82, 2.24) is 4.90 Å². The molecule has 0 aliphatic carbocycles. The minimum atomic E-state index is -1.23. The van der Waals surface area contributed by atoms with Gasteiger partial charge >= 0.3 is 5.97 Å². The number of carbonyl (C=O) groups is 3. The first-order chi connectivity index (χ1) is 10.0. The highest BCUT2D eigenvalue weighted by Crippen LogP contribution is 2.36. The van der Waals surface area contributed by atoms with E-state index in [1.807, 2.05) is 0 Å². The van der Waals surface area contributed by atoms with E-state index in [1.165, 1.54) is 6.08 Å². The monoisotopic (exact) mass is 307 g/mol. The Kier molecular flexibility index (Phi) is 3.30. The van der Waals surface area contributed by atoms with E-state index < -0.39 is 23.7 Å². The summed E-state index contributed by atoms with van der Waals surface area (Å²) in [7, 11) is 0. The molecule has 1 saturated heterocycles. The van der Waals surface area contributed by atoms with E-state index in [0.29, 0.717) is 33.7 Å². The molecule has 0 bridgehead atoms. The standard InChI is InChI=1S/C13H9NO6S/c15-11(16)5-14-12(17)10(21-13(14)18)4-7-1-2-8-9(3-7)20-6-19-8/h1-4H,5-6H2,(H,15,16). The summed E-state index contributed by atoms with van der Waals surface area (Å²) in [6, 6.07) is 5.11. The number of thioether (sulfide) groups is 1. The van der Waals surface area contributed by atoms with Crippen molar-refractivity contribution in [2.24, 2.45) is 0 Å². The number of carbonyl (C=O) groups excluding carboxylic acids is 2. The average Bonchev–Trinajstić information content (AvgIpc) is 2.98. The molecule has 1 aromatic carbocycles. The van der Waals surface area contributed by atoms with Crippen LogP contribution in [0.25, 0.3) is 6.08 Å². The van der Waals surface area contributed by atoms with Crippen LogP contribution in [0.4, 0.5) is 4.79 Å². The second-order valence-corrected chi connectivity index (χ2v) is 5.27. The number of carboxylic acid groups (broad SMARTS) is 1. The van der Waals surface area contributed by atoms with Crippen molar-refractivity contribution in [3.63, 3.8) is 0 Å². The van der Waals surface area contributed by atoms with Gasteiger partial charge in [0.15, 0.2) is 11.5 Å². The molecule has 2 aliphatic rings. The fourth-order valence-electron chi connectivity index (χ4n) is 1.93. The summed E-state index contributed by atoms with van der Waals surface area (Å²) in [4.78, 5) is 35.1. The van der Waals surface area contributed by atoms with Crippen LogP contribution in [0, 0.1) is 0 Å². The van der Waals surface area contributed by atoms with Gasteiger partial charge in [0.05, 0.1) is 4.91 Å². The van der Waals surface area contributed by atoms with Gasteiger partial charge < -0.3 is 14.6 Å². The van der Waals surface area contributed by atoms with E-state index in [4.69, 9.17) is 14.6 Å². The Bertz CT molecular complexity index is 683. The van der Waals surface area contributed by atoms with Crippen LogP contribution in [-0.2, 0) is 9.59 Å². The highest BCUT2D eigenvalue weighted by atomic mass is 32.2. The lowest BCUT2D eigenvalue weighted by Gasteiger charge is -2.07. The predicted octanol–water partition coefficient (Wildman–Crippen LogP) is 1.54. The summed E-state index contributed by atoms with van der Waals surface area (Å²) in [6.07, 6.45) is 1.52. The molecule has 0 atom stereocenters. The Hall–Kier alpha value is -2.48. The van der Waals surface area contributed by atoms with Gasteiger partial charge in [-0.3, -0.25) is 19.3 Å². The van der Waals surface area contributed by atoms with Crippen molar-refractivity contribution in [2.75, 3.05) is 13.3 Å². The number of hydrogen-bond acceptors (Lipinski definition) is 6. The number of hydrogen-bond donors (Lipinski definition) is 1. The normalized spacial score (nSPS) is 18.7. The van der Waals surface area contributed by atoms with Crippen LogP contribution in [0.5, 0.6) is 11.5 Å². The maximum absolute atomic E-state index is 12.0. The number of rotatable bonds is 3. The lowest BCUT2D eigenvalue weighted by molar-refractivity contribution is -0.140. The Morgan fingerprint density at radius 2 is 2.10 bits per heavy atom. The fraction of sp³-hybridized carbons (Fsp3) is 0.154. The van der Waals surface area contributed by atoms with E-state index in [-0.39, 0.29) is 11.7 Å². The van der Waals surface area contributed by atoms with Gasteiger partial charge in [0.1, 0.15) is 6.54 Å². The lowest BCUT2D eigenvalue weighted by Crippen LogP contribution is -2.33. The van der Waals surface area contributed by atoms with Crippen LogP contribution in [0.1, 0.15) is 5.56 Å². The van der Waals surface area contributed by atoms with Crippen LogP contribution >= 0.6 is 11.8 Å². The molecule has 108 valence electrons. The summed E-state index contributed by atoms with van der Waals surface area (Å²) in [5.74, 6) is -0.661. The highest BCUT2D eigenvalue weighted by molar-refractivity contribution is 8.18. The molecule has 0 radical (unpaired) electrons. The van der Waals surface area contributed by atoms with Gasteiger partial charge in [-0.25, -0.2) is 0 Å². The largest absolute Gasteiger partial charge is 0.480 e. The van der Waals surface area contributed by atoms with Crippen LogP contribution < -0.4 is 9.47 Å². The first kappa shape index (κ1) is 13.5. The van der Waals surface area contributed by atoms with Crippen LogP contribution in [0.15, 0.2) is 23.1 Å². The maximum atomic E-state index is 12.0. The Morgan fingerprint density at radius 1 is 1.33 bits per heavy atom. The number of carboxylic acids is 1. The van der Waals surface area contributed by atoms with Gasteiger partial charge in [-0.05, 0) is 35.5 Å².